The topological polar surface area (TPSA) is 80.8 Å². The van der Waals surface area contributed by atoms with Crippen LogP contribution >= 0.6 is 23.5 Å². The first-order chi connectivity index (χ1) is 8.72. The number of carbonyl (C=O) groups is 1. The molecule has 0 saturated carbocycles. The monoisotopic (exact) mass is 284 g/mol. The van der Waals surface area contributed by atoms with E-state index < -0.39 is 5.97 Å². The maximum Gasteiger partial charge on any atom is 0.350 e. The van der Waals surface area contributed by atoms with Gasteiger partial charge in [-0.05, 0) is 13.2 Å². The van der Waals surface area contributed by atoms with Crippen LogP contribution in [0.15, 0.2) is 22.5 Å². The third kappa shape index (κ3) is 4.09. The van der Waals surface area contributed by atoms with Gasteiger partial charge < -0.3 is 4.74 Å². The lowest BCUT2D eigenvalue weighted by Crippen LogP contribution is -2.08. The van der Waals surface area contributed by atoms with Crippen LogP contribution in [0.1, 0.15) is 6.92 Å². The number of nitriles is 1. The average molecular weight is 284 g/mol. The second kappa shape index (κ2) is 7.79. The molecule has 1 heterocycles. The molecule has 0 saturated heterocycles. The molecule has 1 aromatic heterocycles. The molecular formula is C10H12N4O2S2. The van der Waals surface area contributed by atoms with Crippen molar-refractivity contribution < 1.29 is 9.53 Å². The number of hydrogen-bond acceptors (Lipinski definition) is 7. The molecule has 96 valence electrons. The molecule has 0 amide bonds. The van der Waals surface area contributed by atoms with Gasteiger partial charge in [-0.15, -0.1) is 11.8 Å². The molecule has 0 radical (unpaired) electrons. The van der Waals surface area contributed by atoms with E-state index in [9.17, 15) is 4.79 Å². The Hall–Kier alpha value is -1.46. The van der Waals surface area contributed by atoms with Crippen LogP contribution in [-0.2, 0) is 15.4 Å². The van der Waals surface area contributed by atoms with Crippen molar-refractivity contribution in [3.63, 3.8) is 0 Å². The zero-order valence-electron chi connectivity index (χ0n) is 9.99. The van der Waals surface area contributed by atoms with Crippen LogP contribution in [-0.4, -0.2) is 33.6 Å². The van der Waals surface area contributed by atoms with E-state index in [1.165, 1.54) is 29.9 Å². The number of rotatable bonds is 6. The molecule has 0 aromatic carbocycles. The molecule has 0 unspecified atom stereocenters. The fourth-order valence-corrected chi connectivity index (χ4v) is 2.65. The molecule has 1 rings (SSSR count). The summed E-state index contributed by atoms with van der Waals surface area (Å²) in [5.74, 6) is -0.101. The normalized spacial score (nSPS) is 11.6. The molecule has 18 heavy (non-hydrogen) atoms. The minimum Gasteiger partial charge on any atom is -0.462 e. The molecular weight excluding hydrogens is 272 g/mol. The molecule has 0 spiro atoms. The quantitative estimate of drug-likeness (QED) is 0.446. The van der Waals surface area contributed by atoms with Gasteiger partial charge >= 0.3 is 5.97 Å². The van der Waals surface area contributed by atoms with Gasteiger partial charge in [-0.2, -0.15) is 10.4 Å². The van der Waals surface area contributed by atoms with Gasteiger partial charge in [-0.3, -0.25) is 0 Å². The number of aromatic nitrogens is 3. The largest absolute Gasteiger partial charge is 0.462 e. The number of thioether (sulfide) groups is 2. The Morgan fingerprint density at radius 1 is 1.61 bits per heavy atom. The highest BCUT2D eigenvalue weighted by molar-refractivity contribution is 8.21. The molecule has 0 aliphatic carbocycles. The Kier molecular flexibility index (Phi) is 6.32. The Labute approximate surface area is 113 Å². The second-order valence-electron chi connectivity index (χ2n) is 2.91. The second-order valence-corrected chi connectivity index (χ2v) is 4.94. The van der Waals surface area contributed by atoms with Crippen LogP contribution in [0.25, 0.3) is 0 Å². The first-order valence-corrected chi connectivity index (χ1v) is 7.24. The van der Waals surface area contributed by atoms with Gasteiger partial charge in [0.25, 0.3) is 0 Å². The van der Waals surface area contributed by atoms with Crippen molar-refractivity contribution in [2.45, 2.75) is 12.8 Å². The minimum atomic E-state index is -0.588. The van der Waals surface area contributed by atoms with Gasteiger partial charge in [-0.25, -0.2) is 14.5 Å². The number of nitrogens with zero attached hydrogens (tertiary/aromatic N) is 4. The molecule has 1 aromatic rings. The maximum atomic E-state index is 11.6. The highest BCUT2D eigenvalue weighted by atomic mass is 32.2. The standard InChI is InChI=1S/C10H12N4O2S2/c1-3-16-9(15)8(4-11)10(17-2)18-7-14-6-12-5-13-14/h5-6H,3,7H2,1-2H3/b10-8+. The SMILES string of the molecule is CCOC(=O)/C(C#N)=C(\SC)SCn1cncn1. The number of carbonyl (C=O) groups excluding carboxylic acids is 1. The summed E-state index contributed by atoms with van der Waals surface area (Å²) in [4.78, 5) is 15.4. The van der Waals surface area contributed by atoms with Crippen molar-refractivity contribution in [2.24, 2.45) is 0 Å². The first-order valence-electron chi connectivity index (χ1n) is 5.03. The van der Waals surface area contributed by atoms with Crippen LogP contribution in [0.4, 0.5) is 0 Å². The fraction of sp³-hybridized carbons (Fsp3) is 0.400. The van der Waals surface area contributed by atoms with Crippen LogP contribution in [0.2, 0.25) is 0 Å². The third-order valence-electron chi connectivity index (χ3n) is 1.78. The average Bonchev–Trinajstić information content (AvgIpc) is 2.87. The number of hydrogen-bond donors (Lipinski definition) is 0. The lowest BCUT2D eigenvalue weighted by molar-refractivity contribution is -0.138. The Morgan fingerprint density at radius 3 is 2.89 bits per heavy atom. The predicted octanol–water partition coefficient (Wildman–Crippen LogP) is 1.63. The van der Waals surface area contributed by atoms with E-state index in [1.807, 2.05) is 6.07 Å². The molecule has 0 bridgehead atoms. The van der Waals surface area contributed by atoms with Gasteiger partial charge in [0, 0.05) is 0 Å². The van der Waals surface area contributed by atoms with Gasteiger partial charge in [-0.1, -0.05) is 11.8 Å². The summed E-state index contributed by atoms with van der Waals surface area (Å²) in [6.45, 7) is 1.95. The van der Waals surface area contributed by atoms with Gasteiger partial charge in [0.15, 0.2) is 5.57 Å². The van der Waals surface area contributed by atoms with E-state index in [1.54, 1.807) is 24.2 Å². The van der Waals surface area contributed by atoms with Crippen LogP contribution in [0.3, 0.4) is 0 Å². The highest BCUT2D eigenvalue weighted by Gasteiger charge is 2.16. The number of esters is 1. The fourth-order valence-electron chi connectivity index (χ4n) is 1.04. The van der Waals surface area contributed by atoms with Crippen molar-refractivity contribution in [3.05, 3.63) is 22.5 Å². The molecule has 0 aliphatic heterocycles. The van der Waals surface area contributed by atoms with Crippen molar-refractivity contribution in [3.8, 4) is 6.07 Å². The molecule has 0 aliphatic rings. The molecule has 8 heteroatoms. The summed E-state index contributed by atoms with van der Waals surface area (Å²) in [6.07, 6.45) is 4.81. The zero-order valence-corrected chi connectivity index (χ0v) is 11.6. The van der Waals surface area contributed by atoms with Crippen molar-refractivity contribution in [1.29, 1.82) is 5.26 Å². The molecule has 6 nitrogen and oxygen atoms in total. The van der Waals surface area contributed by atoms with Gasteiger partial charge in [0.05, 0.1) is 16.7 Å². The summed E-state index contributed by atoms with van der Waals surface area (Å²) >= 11 is 2.68. The zero-order chi connectivity index (χ0) is 13.4. The lowest BCUT2D eigenvalue weighted by atomic mass is 10.3. The van der Waals surface area contributed by atoms with E-state index >= 15 is 0 Å². The van der Waals surface area contributed by atoms with Gasteiger partial charge in [0.1, 0.15) is 18.7 Å². The summed E-state index contributed by atoms with van der Waals surface area (Å²) in [6, 6.07) is 1.89. The molecule has 0 fully saturated rings. The van der Waals surface area contributed by atoms with Gasteiger partial charge in [0.2, 0.25) is 0 Å². The summed E-state index contributed by atoms with van der Waals surface area (Å²) in [5.41, 5.74) is 0.0365. The van der Waals surface area contributed by atoms with Crippen LogP contribution in [0.5, 0.6) is 0 Å². The summed E-state index contributed by atoms with van der Waals surface area (Å²) in [7, 11) is 0. The smallest absolute Gasteiger partial charge is 0.350 e. The van der Waals surface area contributed by atoms with Crippen LogP contribution in [0, 0.1) is 11.3 Å². The minimum absolute atomic E-state index is 0.0365. The third-order valence-corrected chi connectivity index (χ3v) is 4.06. The number of ether oxygens (including phenoxy) is 1. The van der Waals surface area contributed by atoms with E-state index in [0.29, 0.717) is 10.1 Å². The van der Waals surface area contributed by atoms with Crippen LogP contribution < -0.4 is 0 Å². The Morgan fingerprint density at radius 2 is 2.39 bits per heavy atom. The van der Waals surface area contributed by atoms with E-state index in [4.69, 9.17) is 10.00 Å². The maximum absolute atomic E-state index is 11.6. The predicted molar refractivity (Wildman–Crippen MR) is 70.4 cm³/mol. The van der Waals surface area contributed by atoms with E-state index in [-0.39, 0.29) is 12.2 Å². The van der Waals surface area contributed by atoms with Crippen molar-refractivity contribution >= 4 is 29.5 Å². The molecule has 0 N–H and O–H groups in total. The van der Waals surface area contributed by atoms with Crippen molar-refractivity contribution in [1.82, 2.24) is 14.8 Å². The van der Waals surface area contributed by atoms with Crippen molar-refractivity contribution in [2.75, 3.05) is 12.9 Å². The summed E-state index contributed by atoms with van der Waals surface area (Å²) < 4.78 is 7.06. The Balaban J connectivity index is 2.77. The van der Waals surface area contributed by atoms with E-state index in [2.05, 4.69) is 10.1 Å². The highest BCUT2D eigenvalue weighted by Crippen LogP contribution is 2.31. The van der Waals surface area contributed by atoms with E-state index in [0.717, 1.165) is 0 Å². The Bertz CT molecular complexity index is 465. The first kappa shape index (κ1) is 14.6. The lowest BCUT2D eigenvalue weighted by Gasteiger charge is -2.07. The summed E-state index contributed by atoms with van der Waals surface area (Å²) in [5, 5.41) is 13.0. The molecule has 0 atom stereocenters.